The summed E-state index contributed by atoms with van der Waals surface area (Å²) in [6, 6.07) is 4.05. The van der Waals surface area contributed by atoms with Crippen molar-refractivity contribution in [2.24, 2.45) is 0 Å². The van der Waals surface area contributed by atoms with Gasteiger partial charge in [0.05, 0.1) is 7.11 Å². The Kier molecular flexibility index (Phi) is 4.51. The molecule has 0 bridgehead atoms. The summed E-state index contributed by atoms with van der Waals surface area (Å²) in [6.07, 6.45) is 7.73. The van der Waals surface area contributed by atoms with E-state index in [1.165, 1.54) is 12.8 Å². The van der Waals surface area contributed by atoms with Crippen molar-refractivity contribution >= 4 is 17.0 Å². The van der Waals surface area contributed by atoms with Gasteiger partial charge in [-0.05, 0) is 32.3 Å². The van der Waals surface area contributed by atoms with Gasteiger partial charge in [0, 0.05) is 49.3 Å². The predicted molar refractivity (Wildman–Crippen MR) is 119 cm³/mol. The fraction of sp³-hybridized carbons (Fsp3) is 0.455. The first-order valence-electron chi connectivity index (χ1n) is 11.1. The van der Waals surface area contributed by atoms with Crippen molar-refractivity contribution in [3.05, 3.63) is 36.3 Å². The van der Waals surface area contributed by atoms with Crippen LogP contribution >= 0.6 is 0 Å². The number of rotatable bonds is 6. The number of nitrogens with one attached hydrogen (secondary N) is 1. The molecule has 0 radical (unpaired) electrons. The molecular weight excluding hydrogens is 406 g/mol. The number of aromatic nitrogens is 8. The molecule has 0 amide bonds. The third-order valence-electron chi connectivity index (χ3n) is 6.31. The number of anilines is 1. The van der Waals surface area contributed by atoms with Gasteiger partial charge in [0.15, 0.2) is 17.0 Å². The third-order valence-corrected chi connectivity index (χ3v) is 6.31. The van der Waals surface area contributed by atoms with E-state index in [-0.39, 0.29) is 6.04 Å². The monoisotopic (exact) mass is 431 g/mol. The number of methoxy groups -OCH3 is 1. The molecule has 1 atom stereocenters. The first-order chi connectivity index (χ1) is 15.7. The molecule has 164 valence electrons. The number of ether oxygens (including phenoxy) is 1. The molecular formula is C22H25N9O. The van der Waals surface area contributed by atoms with Gasteiger partial charge in [0.2, 0.25) is 5.88 Å². The smallest absolute Gasteiger partial charge is 0.212 e. The summed E-state index contributed by atoms with van der Waals surface area (Å²) in [6.45, 7) is 3.68. The average molecular weight is 432 g/mol. The lowest BCUT2D eigenvalue weighted by Gasteiger charge is -2.25. The summed E-state index contributed by atoms with van der Waals surface area (Å²) in [5, 5.41) is 12.5. The molecule has 1 aliphatic heterocycles. The summed E-state index contributed by atoms with van der Waals surface area (Å²) in [5.74, 6) is 4.99. The van der Waals surface area contributed by atoms with Crippen molar-refractivity contribution in [1.29, 1.82) is 0 Å². The summed E-state index contributed by atoms with van der Waals surface area (Å²) < 4.78 is 9.58. The lowest BCUT2D eigenvalue weighted by molar-refractivity contribution is 0.398. The topological polar surface area (TPSA) is 108 Å². The molecule has 5 heterocycles. The molecule has 10 nitrogen and oxygen atoms in total. The Bertz CT molecular complexity index is 1270. The summed E-state index contributed by atoms with van der Waals surface area (Å²) in [7, 11) is 1.61. The van der Waals surface area contributed by atoms with Crippen LogP contribution in [-0.4, -0.2) is 52.4 Å². The molecule has 0 spiro atoms. The van der Waals surface area contributed by atoms with Gasteiger partial charge in [0.1, 0.15) is 23.8 Å². The Hall–Kier alpha value is -3.56. The van der Waals surface area contributed by atoms with Crippen LogP contribution in [0.1, 0.15) is 43.8 Å². The first kappa shape index (κ1) is 19.1. The van der Waals surface area contributed by atoms with E-state index in [1.807, 2.05) is 12.1 Å². The molecule has 2 aliphatic rings. The molecule has 0 unspecified atom stereocenters. The Morgan fingerprint density at radius 2 is 2.03 bits per heavy atom. The van der Waals surface area contributed by atoms with Crippen LogP contribution in [0.5, 0.6) is 5.88 Å². The second-order valence-corrected chi connectivity index (χ2v) is 8.40. The van der Waals surface area contributed by atoms with Gasteiger partial charge in [-0.2, -0.15) is 0 Å². The Balaban J connectivity index is 1.33. The maximum absolute atomic E-state index is 5.19. The van der Waals surface area contributed by atoms with Gasteiger partial charge >= 0.3 is 0 Å². The normalized spacial score (nSPS) is 18.0. The zero-order valence-corrected chi connectivity index (χ0v) is 18.2. The first-order valence-corrected chi connectivity index (χ1v) is 11.1. The fourth-order valence-electron chi connectivity index (χ4n) is 4.50. The molecule has 1 fully saturated rings. The maximum Gasteiger partial charge on any atom is 0.212 e. The maximum atomic E-state index is 5.19. The number of imidazole rings is 1. The van der Waals surface area contributed by atoms with Gasteiger partial charge < -0.3 is 19.2 Å². The van der Waals surface area contributed by atoms with E-state index in [2.05, 4.69) is 46.5 Å². The SMILES string of the molecule is CCn1c(-c2ccc(OC)nc2)nc2c(N[C@@H]3CCc4nnc(C5CC5)n4C3)ncnc21. The Morgan fingerprint density at radius 3 is 2.78 bits per heavy atom. The van der Waals surface area contributed by atoms with Crippen molar-refractivity contribution in [1.82, 2.24) is 39.3 Å². The number of fused-ring (bicyclic) bond motifs is 2. The fourth-order valence-corrected chi connectivity index (χ4v) is 4.50. The highest BCUT2D eigenvalue weighted by molar-refractivity contribution is 5.86. The van der Waals surface area contributed by atoms with Crippen molar-refractivity contribution in [2.75, 3.05) is 12.4 Å². The molecule has 10 heteroatoms. The number of aryl methyl sites for hydroxylation is 2. The quantitative estimate of drug-likeness (QED) is 0.496. The number of pyridine rings is 1. The lowest BCUT2D eigenvalue weighted by atomic mass is 10.1. The largest absolute Gasteiger partial charge is 0.481 e. The molecule has 1 N–H and O–H groups in total. The Morgan fingerprint density at radius 1 is 1.12 bits per heavy atom. The van der Waals surface area contributed by atoms with Crippen LogP contribution in [0, 0.1) is 0 Å². The van der Waals surface area contributed by atoms with E-state index in [4.69, 9.17) is 9.72 Å². The molecule has 6 rings (SSSR count). The second-order valence-electron chi connectivity index (χ2n) is 8.40. The summed E-state index contributed by atoms with van der Waals surface area (Å²) in [4.78, 5) is 18.4. The van der Waals surface area contributed by atoms with Gasteiger partial charge in [-0.1, -0.05) is 0 Å². The highest BCUT2D eigenvalue weighted by atomic mass is 16.5. The van der Waals surface area contributed by atoms with Crippen molar-refractivity contribution in [3.63, 3.8) is 0 Å². The zero-order valence-electron chi connectivity index (χ0n) is 18.2. The molecule has 1 saturated carbocycles. The minimum absolute atomic E-state index is 0.243. The second kappa shape index (κ2) is 7.54. The molecule has 0 saturated heterocycles. The molecule has 32 heavy (non-hydrogen) atoms. The average Bonchev–Trinajstić information content (AvgIpc) is 3.47. The molecule has 4 aromatic heterocycles. The summed E-state index contributed by atoms with van der Waals surface area (Å²) in [5.41, 5.74) is 2.50. The van der Waals surface area contributed by atoms with Crippen LogP contribution in [0.15, 0.2) is 24.7 Å². The van der Waals surface area contributed by atoms with Gasteiger partial charge in [-0.15, -0.1) is 10.2 Å². The standard InChI is InChI=1S/C22H25N9O/c1-3-30-20(14-6-9-17(32-2)23-10-14)27-18-19(24-12-25-22(18)30)26-15-7-8-16-28-29-21(13-4-5-13)31(16)11-15/h6,9-10,12-13,15H,3-5,7-8,11H2,1-2H3,(H,24,25,26)/t15-/m1/s1. The molecule has 1 aliphatic carbocycles. The highest BCUT2D eigenvalue weighted by Crippen LogP contribution is 2.40. The summed E-state index contributed by atoms with van der Waals surface area (Å²) >= 11 is 0. The number of hydrogen-bond acceptors (Lipinski definition) is 8. The van der Waals surface area contributed by atoms with E-state index in [1.54, 1.807) is 19.6 Å². The van der Waals surface area contributed by atoms with E-state index in [0.29, 0.717) is 11.8 Å². The lowest BCUT2D eigenvalue weighted by Crippen LogP contribution is -2.32. The molecule has 4 aromatic rings. The van der Waals surface area contributed by atoms with Crippen molar-refractivity contribution < 1.29 is 4.74 Å². The number of hydrogen-bond donors (Lipinski definition) is 1. The van der Waals surface area contributed by atoms with Crippen LogP contribution in [-0.2, 0) is 19.5 Å². The highest BCUT2D eigenvalue weighted by Gasteiger charge is 2.33. The van der Waals surface area contributed by atoms with Crippen LogP contribution in [0.4, 0.5) is 5.82 Å². The van der Waals surface area contributed by atoms with Crippen LogP contribution in [0.25, 0.3) is 22.6 Å². The van der Waals surface area contributed by atoms with Crippen molar-refractivity contribution in [2.45, 2.75) is 57.7 Å². The van der Waals surface area contributed by atoms with E-state index in [9.17, 15) is 0 Å². The van der Waals surface area contributed by atoms with Crippen LogP contribution < -0.4 is 10.1 Å². The predicted octanol–water partition coefficient (Wildman–Crippen LogP) is 2.81. The minimum Gasteiger partial charge on any atom is -0.481 e. The van der Waals surface area contributed by atoms with E-state index < -0.39 is 0 Å². The van der Waals surface area contributed by atoms with Crippen molar-refractivity contribution in [3.8, 4) is 17.3 Å². The van der Waals surface area contributed by atoms with E-state index >= 15 is 0 Å². The van der Waals surface area contributed by atoms with Gasteiger partial charge in [-0.25, -0.2) is 19.9 Å². The number of nitrogens with zero attached hydrogens (tertiary/aromatic N) is 8. The van der Waals surface area contributed by atoms with Crippen LogP contribution in [0.2, 0.25) is 0 Å². The third kappa shape index (κ3) is 3.17. The minimum atomic E-state index is 0.243. The van der Waals surface area contributed by atoms with Crippen LogP contribution in [0.3, 0.4) is 0 Å². The van der Waals surface area contributed by atoms with Gasteiger partial charge in [-0.3, -0.25) is 0 Å². The Labute approximate surface area is 185 Å². The van der Waals surface area contributed by atoms with E-state index in [0.717, 1.165) is 65.9 Å². The molecule has 0 aromatic carbocycles. The van der Waals surface area contributed by atoms with Gasteiger partial charge in [0.25, 0.3) is 0 Å². The zero-order chi connectivity index (χ0) is 21.7.